The van der Waals surface area contributed by atoms with Crippen LogP contribution in [0.2, 0.25) is 0 Å². The fourth-order valence-corrected chi connectivity index (χ4v) is 1.33. The van der Waals surface area contributed by atoms with Crippen molar-refractivity contribution < 1.29 is 9.53 Å². The Morgan fingerprint density at radius 2 is 2.12 bits per heavy atom. The molecule has 1 atom stereocenters. The van der Waals surface area contributed by atoms with E-state index in [-0.39, 0.29) is 5.97 Å². The maximum Gasteiger partial charge on any atom is 0.322 e. The Balaban J connectivity index is 2.31. The van der Waals surface area contributed by atoms with Crippen LogP contribution in [-0.4, -0.2) is 19.1 Å². The van der Waals surface area contributed by atoms with Crippen LogP contribution in [0.5, 0.6) is 0 Å². The topological polar surface area (TPSA) is 52.3 Å². The second kappa shape index (κ2) is 6.80. The lowest BCUT2D eigenvalue weighted by Gasteiger charge is -2.06. The summed E-state index contributed by atoms with van der Waals surface area (Å²) in [5, 5.41) is 0. The number of esters is 1. The van der Waals surface area contributed by atoms with Crippen LogP contribution < -0.4 is 5.73 Å². The molecule has 3 nitrogen and oxygen atoms in total. The summed E-state index contributed by atoms with van der Waals surface area (Å²) in [7, 11) is 1.35. The van der Waals surface area contributed by atoms with Crippen molar-refractivity contribution in [1.82, 2.24) is 0 Å². The number of ether oxygens (including phenoxy) is 1. The maximum absolute atomic E-state index is 11.0. The normalized spacial score (nSPS) is 12.6. The van der Waals surface area contributed by atoms with Crippen molar-refractivity contribution in [2.24, 2.45) is 5.73 Å². The quantitative estimate of drug-likeness (QED) is 0.770. The van der Waals surface area contributed by atoms with Crippen molar-refractivity contribution >= 4 is 12.0 Å². The van der Waals surface area contributed by atoms with Gasteiger partial charge in [0.2, 0.25) is 0 Å². The predicted octanol–water partition coefficient (Wildman–Crippen LogP) is 1.98. The van der Waals surface area contributed by atoms with E-state index in [2.05, 4.69) is 4.74 Å². The Morgan fingerprint density at radius 1 is 1.44 bits per heavy atom. The number of carbonyl (C=O) groups is 1. The van der Waals surface area contributed by atoms with Crippen molar-refractivity contribution in [2.45, 2.75) is 18.9 Å². The number of rotatable bonds is 5. The number of methoxy groups -OCH3 is 1. The van der Waals surface area contributed by atoms with Crippen LogP contribution in [0, 0.1) is 0 Å². The third-order valence-corrected chi connectivity index (χ3v) is 2.26. The monoisotopic (exact) mass is 219 g/mol. The fraction of sp³-hybridized carbons (Fsp3) is 0.308. The molecule has 3 heteroatoms. The Hall–Kier alpha value is -1.61. The SMILES string of the molecule is COC(=O)C(N)CC/C=C/c1ccccc1. The van der Waals surface area contributed by atoms with Gasteiger partial charge in [0.25, 0.3) is 0 Å². The highest BCUT2D eigenvalue weighted by molar-refractivity contribution is 5.75. The molecule has 0 saturated heterocycles. The van der Waals surface area contributed by atoms with Crippen molar-refractivity contribution in [3.05, 3.63) is 42.0 Å². The van der Waals surface area contributed by atoms with Gasteiger partial charge in [-0.3, -0.25) is 4.79 Å². The number of allylic oxidation sites excluding steroid dienone is 1. The van der Waals surface area contributed by atoms with Crippen LogP contribution in [0.15, 0.2) is 36.4 Å². The van der Waals surface area contributed by atoms with Crippen LogP contribution in [-0.2, 0) is 9.53 Å². The van der Waals surface area contributed by atoms with Gasteiger partial charge >= 0.3 is 5.97 Å². The van der Waals surface area contributed by atoms with E-state index in [1.807, 2.05) is 42.5 Å². The molecule has 16 heavy (non-hydrogen) atoms. The summed E-state index contributed by atoms with van der Waals surface area (Å²) >= 11 is 0. The molecule has 0 aliphatic heterocycles. The van der Waals surface area contributed by atoms with Gasteiger partial charge in [-0.25, -0.2) is 0 Å². The smallest absolute Gasteiger partial charge is 0.322 e. The molecular weight excluding hydrogens is 202 g/mol. The number of hydrogen-bond donors (Lipinski definition) is 1. The lowest BCUT2D eigenvalue weighted by molar-refractivity contribution is -0.142. The molecule has 1 aromatic rings. The maximum atomic E-state index is 11.0. The molecule has 0 heterocycles. The average Bonchev–Trinajstić information content (AvgIpc) is 2.34. The number of hydrogen-bond acceptors (Lipinski definition) is 3. The first-order chi connectivity index (χ1) is 7.74. The van der Waals surface area contributed by atoms with Crippen LogP contribution in [0.1, 0.15) is 18.4 Å². The van der Waals surface area contributed by atoms with Crippen molar-refractivity contribution in [2.75, 3.05) is 7.11 Å². The standard InChI is InChI=1S/C13H17NO2/c1-16-13(15)12(14)10-6-5-9-11-7-3-2-4-8-11/h2-5,7-9,12H,6,10,14H2,1H3/b9-5+. The highest BCUT2D eigenvalue weighted by atomic mass is 16.5. The summed E-state index contributed by atoms with van der Waals surface area (Å²) < 4.78 is 4.54. The molecule has 1 unspecified atom stereocenters. The van der Waals surface area contributed by atoms with Crippen LogP contribution in [0.25, 0.3) is 6.08 Å². The van der Waals surface area contributed by atoms with Gasteiger partial charge in [0, 0.05) is 0 Å². The summed E-state index contributed by atoms with van der Waals surface area (Å²) in [5.41, 5.74) is 6.75. The van der Waals surface area contributed by atoms with Gasteiger partial charge in [0.05, 0.1) is 7.11 Å². The highest BCUT2D eigenvalue weighted by Gasteiger charge is 2.11. The lowest BCUT2D eigenvalue weighted by Crippen LogP contribution is -2.31. The van der Waals surface area contributed by atoms with E-state index >= 15 is 0 Å². The van der Waals surface area contributed by atoms with Crippen molar-refractivity contribution in [3.63, 3.8) is 0 Å². The highest BCUT2D eigenvalue weighted by Crippen LogP contribution is 2.04. The summed E-state index contributed by atoms with van der Waals surface area (Å²) in [4.78, 5) is 11.0. The van der Waals surface area contributed by atoms with Crippen LogP contribution in [0.4, 0.5) is 0 Å². The molecule has 86 valence electrons. The molecule has 1 rings (SSSR count). The zero-order valence-electron chi connectivity index (χ0n) is 9.43. The molecule has 0 saturated carbocycles. The third kappa shape index (κ3) is 4.28. The van der Waals surface area contributed by atoms with Crippen LogP contribution >= 0.6 is 0 Å². The first kappa shape index (κ1) is 12.5. The Bertz CT molecular complexity index is 346. The fourth-order valence-electron chi connectivity index (χ4n) is 1.33. The van der Waals surface area contributed by atoms with Crippen molar-refractivity contribution in [3.8, 4) is 0 Å². The zero-order valence-corrected chi connectivity index (χ0v) is 9.43. The van der Waals surface area contributed by atoms with E-state index in [1.54, 1.807) is 0 Å². The Kier molecular flexibility index (Phi) is 5.29. The second-order valence-corrected chi connectivity index (χ2v) is 3.52. The summed E-state index contributed by atoms with van der Waals surface area (Å²) in [6.45, 7) is 0. The first-order valence-corrected chi connectivity index (χ1v) is 5.29. The predicted molar refractivity (Wildman–Crippen MR) is 64.7 cm³/mol. The largest absolute Gasteiger partial charge is 0.468 e. The molecule has 1 aromatic carbocycles. The van der Waals surface area contributed by atoms with Gasteiger partial charge in [-0.05, 0) is 18.4 Å². The van der Waals surface area contributed by atoms with E-state index in [1.165, 1.54) is 7.11 Å². The van der Waals surface area contributed by atoms with E-state index in [0.717, 1.165) is 12.0 Å². The van der Waals surface area contributed by atoms with E-state index < -0.39 is 6.04 Å². The summed E-state index contributed by atoms with van der Waals surface area (Å²) in [5.74, 6) is -0.354. The van der Waals surface area contributed by atoms with Gasteiger partial charge < -0.3 is 10.5 Å². The Morgan fingerprint density at radius 3 is 2.75 bits per heavy atom. The third-order valence-electron chi connectivity index (χ3n) is 2.26. The van der Waals surface area contributed by atoms with E-state index in [4.69, 9.17) is 5.73 Å². The molecule has 0 aliphatic rings. The van der Waals surface area contributed by atoms with Gasteiger partial charge in [-0.2, -0.15) is 0 Å². The minimum atomic E-state index is -0.523. The average molecular weight is 219 g/mol. The molecule has 0 spiro atoms. The Labute approximate surface area is 95.9 Å². The van der Waals surface area contributed by atoms with E-state index in [9.17, 15) is 4.79 Å². The first-order valence-electron chi connectivity index (χ1n) is 5.29. The second-order valence-electron chi connectivity index (χ2n) is 3.52. The van der Waals surface area contributed by atoms with Gasteiger partial charge in [-0.15, -0.1) is 0 Å². The van der Waals surface area contributed by atoms with Gasteiger partial charge in [0.1, 0.15) is 6.04 Å². The molecule has 0 aromatic heterocycles. The molecule has 0 radical (unpaired) electrons. The molecular formula is C13H17NO2. The number of carbonyl (C=O) groups excluding carboxylic acids is 1. The minimum absolute atomic E-state index is 0.354. The van der Waals surface area contributed by atoms with E-state index in [0.29, 0.717) is 6.42 Å². The van der Waals surface area contributed by atoms with Crippen molar-refractivity contribution in [1.29, 1.82) is 0 Å². The molecule has 2 N–H and O–H groups in total. The van der Waals surface area contributed by atoms with Gasteiger partial charge in [-0.1, -0.05) is 42.5 Å². The molecule has 0 fully saturated rings. The number of nitrogens with two attached hydrogens (primary N) is 1. The minimum Gasteiger partial charge on any atom is -0.468 e. The summed E-state index contributed by atoms with van der Waals surface area (Å²) in [6, 6.07) is 9.47. The number of benzene rings is 1. The summed E-state index contributed by atoms with van der Waals surface area (Å²) in [6.07, 6.45) is 5.41. The zero-order chi connectivity index (χ0) is 11.8. The molecule has 0 amide bonds. The lowest BCUT2D eigenvalue weighted by atomic mass is 10.1. The van der Waals surface area contributed by atoms with Gasteiger partial charge in [0.15, 0.2) is 0 Å². The molecule has 0 aliphatic carbocycles. The van der Waals surface area contributed by atoms with Crippen LogP contribution in [0.3, 0.4) is 0 Å². The molecule has 0 bridgehead atoms.